The first-order valence-electron chi connectivity index (χ1n) is 8.00. The van der Waals surface area contributed by atoms with E-state index in [2.05, 4.69) is 10.2 Å². The fourth-order valence-electron chi connectivity index (χ4n) is 3.49. The first kappa shape index (κ1) is 15.9. The van der Waals surface area contributed by atoms with Crippen molar-refractivity contribution in [1.82, 2.24) is 14.5 Å². The lowest BCUT2D eigenvalue weighted by Crippen LogP contribution is -2.52. The van der Waals surface area contributed by atoms with Crippen molar-refractivity contribution in [2.45, 2.75) is 31.2 Å². The molecule has 0 aliphatic carbocycles. The van der Waals surface area contributed by atoms with E-state index in [1.165, 1.54) is 6.42 Å². The molecule has 122 valence electrons. The highest BCUT2D eigenvalue weighted by molar-refractivity contribution is 7.89. The second-order valence-corrected chi connectivity index (χ2v) is 8.26. The summed E-state index contributed by atoms with van der Waals surface area (Å²) in [6.45, 7) is 8.80. The van der Waals surface area contributed by atoms with E-state index < -0.39 is 10.0 Å². The average molecular weight is 323 g/mol. The van der Waals surface area contributed by atoms with Crippen LogP contribution in [0.1, 0.15) is 17.5 Å². The fraction of sp³-hybridized carbons (Fsp3) is 0.625. The van der Waals surface area contributed by atoms with E-state index in [-0.39, 0.29) is 0 Å². The van der Waals surface area contributed by atoms with Crippen LogP contribution >= 0.6 is 0 Å². The molecule has 0 radical (unpaired) electrons. The van der Waals surface area contributed by atoms with Gasteiger partial charge in [0.1, 0.15) is 0 Å². The van der Waals surface area contributed by atoms with Crippen LogP contribution in [0.15, 0.2) is 23.1 Å². The molecule has 2 fully saturated rings. The van der Waals surface area contributed by atoms with E-state index in [0.29, 0.717) is 24.0 Å². The second kappa shape index (κ2) is 6.28. The van der Waals surface area contributed by atoms with Crippen LogP contribution < -0.4 is 5.32 Å². The Morgan fingerprint density at radius 3 is 2.45 bits per heavy atom. The fourth-order valence-corrected chi connectivity index (χ4v) is 5.12. The van der Waals surface area contributed by atoms with Crippen molar-refractivity contribution in [3.8, 4) is 0 Å². The summed E-state index contributed by atoms with van der Waals surface area (Å²) >= 11 is 0. The van der Waals surface area contributed by atoms with Crippen molar-refractivity contribution >= 4 is 10.0 Å². The maximum Gasteiger partial charge on any atom is 0.243 e. The van der Waals surface area contributed by atoms with Gasteiger partial charge in [-0.3, -0.25) is 4.90 Å². The van der Waals surface area contributed by atoms with Crippen LogP contribution in [0, 0.1) is 13.8 Å². The van der Waals surface area contributed by atoms with Crippen LogP contribution in [0.4, 0.5) is 0 Å². The van der Waals surface area contributed by atoms with Crippen LogP contribution in [-0.2, 0) is 10.0 Å². The summed E-state index contributed by atoms with van der Waals surface area (Å²) in [5.41, 5.74) is 1.93. The Bertz CT molecular complexity index is 631. The molecular formula is C16H25N3O2S. The number of sulfonamides is 1. The predicted octanol–water partition coefficient (Wildman–Crippen LogP) is 0.972. The van der Waals surface area contributed by atoms with E-state index in [1.807, 2.05) is 26.0 Å². The van der Waals surface area contributed by atoms with Gasteiger partial charge >= 0.3 is 0 Å². The minimum Gasteiger partial charge on any atom is -0.315 e. The lowest BCUT2D eigenvalue weighted by molar-refractivity contribution is 0.145. The van der Waals surface area contributed by atoms with Gasteiger partial charge in [-0.15, -0.1) is 0 Å². The highest BCUT2D eigenvalue weighted by atomic mass is 32.2. The molecule has 2 aliphatic heterocycles. The van der Waals surface area contributed by atoms with Gasteiger partial charge in [0, 0.05) is 38.8 Å². The SMILES string of the molecule is Cc1ccc(S(=O)(=O)N2CCN(C3CCNC3)CC2)c(C)c1. The van der Waals surface area contributed by atoms with E-state index in [9.17, 15) is 8.42 Å². The van der Waals surface area contributed by atoms with Gasteiger partial charge in [0.05, 0.1) is 4.90 Å². The predicted molar refractivity (Wildman–Crippen MR) is 87.5 cm³/mol. The highest BCUT2D eigenvalue weighted by Gasteiger charge is 2.32. The zero-order valence-electron chi connectivity index (χ0n) is 13.4. The molecule has 1 aromatic rings. The standard InChI is InChI=1S/C16H25N3O2S/c1-13-3-4-16(14(2)11-13)22(20,21)19-9-7-18(8-10-19)15-5-6-17-12-15/h3-4,11,15,17H,5-10,12H2,1-2H3. The van der Waals surface area contributed by atoms with Gasteiger partial charge in [-0.25, -0.2) is 8.42 Å². The van der Waals surface area contributed by atoms with E-state index in [4.69, 9.17) is 0 Å². The number of nitrogens with one attached hydrogen (secondary N) is 1. The maximum absolute atomic E-state index is 12.8. The smallest absolute Gasteiger partial charge is 0.243 e. The number of piperazine rings is 1. The number of hydrogen-bond acceptors (Lipinski definition) is 4. The number of rotatable bonds is 3. The lowest BCUT2D eigenvalue weighted by Gasteiger charge is -2.37. The zero-order chi connectivity index (χ0) is 15.7. The topological polar surface area (TPSA) is 52.7 Å². The Balaban J connectivity index is 1.71. The van der Waals surface area contributed by atoms with Crippen molar-refractivity contribution in [3.63, 3.8) is 0 Å². The van der Waals surface area contributed by atoms with Crippen molar-refractivity contribution in [2.75, 3.05) is 39.3 Å². The Labute approximate surface area is 133 Å². The minimum atomic E-state index is -3.37. The van der Waals surface area contributed by atoms with Gasteiger partial charge < -0.3 is 5.32 Å². The number of hydrogen-bond donors (Lipinski definition) is 1. The molecule has 1 unspecified atom stereocenters. The van der Waals surface area contributed by atoms with Crippen LogP contribution in [0.2, 0.25) is 0 Å². The Hall–Kier alpha value is -0.950. The Kier molecular flexibility index (Phi) is 4.54. The molecule has 0 saturated carbocycles. The van der Waals surface area contributed by atoms with Gasteiger partial charge in [0.2, 0.25) is 10.0 Å². The number of benzene rings is 1. The quantitative estimate of drug-likeness (QED) is 0.901. The van der Waals surface area contributed by atoms with Crippen molar-refractivity contribution < 1.29 is 8.42 Å². The van der Waals surface area contributed by atoms with Crippen LogP contribution in [0.3, 0.4) is 0 Å². The van der Waals surface area contributed by atoms with Crippen LogP contribution in [-0.4, -0.2) is 62.9 Å². The molecule has 0 amide bonds. The second-order valence-electron chi connectivity index (χ2n) is 6.36. The molecule has 0 spiro atoms. The first-order valence-corrected chi connectivity index (χ1v) is 9.44. The van der Waals surface area contributed by atoms with Gasteiger partial charge in [0.15, 0.2) is 0 Å². The Morgan fingerprint density at radius 1 is 1.14 bits per heavy atom. The van der Waals surface area contributed by atoms with Crippen LogP contribution in [0.25, 0.3) is 0 Å². The molecule has 1 aromatic carbocycles. The van der Waals surface area contributed by atoms with Gasteiger partial charge in [0.25, 0.3) is 0 Å². The molecule has 5 nitrogen and oxygen atoms in total. The molecule has 2 saturated heterocycles. The van der Waals surface area contributed by atoms with E-state index in [0.717, 1.165) is 37.3 Å². The third-order valence-electron chi connectivity index (χ3n) is 4.77. The van der Waals surface area contributed by atoms with Crippen molar-refractivity contribution in [3.05, 3.63) is 29.3 Å². The molecule has 0 aromatic heterocycles. The molecule has 1 atom stereocenters. The summed E-state index contributed by atoms with van der Waals surface area (Å²) in [4.78, 5) is 2.88. The summed E-state index contributed by atoms with van der Waals surface area (Å²) in [6.07, 6.45) is 1.17. The summed E-state index contributed by atoms with van der Waals surface area (Å²) in [7, 11) is -3.37. The van der Waals surface area contributed by atoms with Gasteiger partial charge in [-0.1, -0.05) is 17.7 Å². The number of aryl methyl sites for hydroxylation is 2. The summed E-state index contributed by atoms with van der Waals surface area (Å²) in [5, 5.41) is 3.38. The van der Waals surface area contributed by atoms with E-state index in [1.54, 1.807) is 10.4 Å². The van der Waals surface area contributed by atoms with Gasteiger partial charge in [-0.2, -0.15) is 4.31 Å². The molecule has 3 rings (SSSR count). The third-order valence-corrected chi connectivity index (χ3v) is 6.83. The van der Waals surface area contributed by atoms with Crippen LogP contribution in [0.5, 0.6) is 0 Å². The average Bonchev–Trinajstić information content (AvgIpc) is 3.01. The minimum absolute atomic E-state index is 0.453. The lowest BCUT2D eigenvalue weighted by atomic mass is 10.2. The molecule has 1 N–H and O–H groups in total. The first-order chi connectivity index (χ1) is 10.5. The molecule has 22 heavy (non-hydrogen) atoms. The summed E-state index contributed by atoms with van der Waals surface area (Å²) < 4.78 is 27.3. The zero-order valence-corrected chi connectivity index (χ0v) is 14.2. The molecule has 6 heteroatoms. The molecule has 2 heterocycles. The largest absolute Gasteiger partial charge is 0.315 e. The highest BCUT2D eigenvalue weighted by Crippen LogP contribution is 2.23. The maximum atomic E-state index is 12.8. The van der Waals surface area contributed by atoms with Gasteiger partial charge in [-0.05, 0) is 38.4 Å². The number of nitrogens with zero attached hydrogens (tertiary/aromatic N) is 2. The summed E-state index contributed by atoms with van der Waals surface area (Å²) in [5.74, 6) is 0. The molecule has 2 aliphatic rings. The molecular weight excluding hydrogens is 298 g/mol. The summed E-state index contributed by atoms with van der Waals surface area (Å²) in [6, 6.07) is 6.13. The molecule has 0 bridgehead atoms. The van der Waals surface area contributed by atoms with Crippen molar-refractivity contribution in [2.24, 2.45) is 0 Å². The van der Waals surface area contributed by atoms with Crippen molar-refractivity contribution in [1.29, 1.82) is 0 Å². The Morgan fingerprint density at radius 2 is 1.86 bits per heavy atom. The van der Waals surface area contributed by atoms with E-state index >= 15 is 0 Å². The third kappa shape index (κ3) is 3.06. The normalized spacial score (nSPS) is 24.7. The monoisotopic (exact) mass is 323 g/mol.